The largest absolute Gasteiger partial charge is 0.353 e. The normalized spacial score (nSPS) is 20.1. The highest BCUT2D eigenvalue weighted by molar-refractivity contribution is 6.33. The predicted octanol–water partition coefficient (Wildman–Crippen LogP) is 4.09. The van der Waals surface area contributed by atoms with Crippen molar-refractivity contribution in [3.05, 3.63) is 51.9 Å². The highest BCUT2D eigenvalue weighted by Crippen LogP contribution is 2.31. The van der Waals surface area contributed by atoms with Gasteiger partial charge in [-0.1, -0.05) is 36.2 Å². The van der Waals surface area contributed by atoms with Gasteiger partial charge in [-0.25, -0.2) is 20.0 Å². The number of hydrogen-bond acceptors (Lipinski definition) is 6. The van der Waals surface area contributed by atoms with Crippen molar-refractivity contribution in [2.75, 3.05) is 42.9 Å². The summed E-state index contributed by atoms with van der Waals surface area (Å²) in [5.41, 5.74) is 3.20. The molecule has 0 unspecified atom stereocenters. The fourth-order valence-corrected chi connectivity index (χ4v) is 5.55. The van der Waals surface area contributed by atoms with Crippen LogP contribution in [-0.4, -0.2) is 65.6 Å². The molecule has 1 aromatic carbocycles. The summed E-state index contributed by atoms with van der Waals surface area (Å²) >= 11 is 12.4. The zero-order valence-corrected chi connectivity index (χ0v) is 21.3. The minimum atomic E-state index is -0.528. The summed E-state index contributed by atoms with van der Waals surface area (Å²) in [4.78, 5) is 23.1. The van der Waals surface area contributed by atoms with Gasteiger partial charge in [0, 0.05) is 48.8 Å². The van der Waals surface area contributed by atoms with Gasteiger partial charge in [0.2, 0.25) is 0 Å². The third kappa shape index (κ3) is 6.34. The highest BCUT2D eigenvalue weighted by atomic mass is 35.5. The fourth-order valence-electron chi connectivity index (χ4n) is 5.10. The molecule has 0 aliphatic carbocycles. The van der Waals surface area contributed by atoms with Crippen LogP contribution in [0.15, 0.2) is 30.5 Å². The van der Waals surface area contributed by atoms with Crippen LogP contribution in [-0.2, 0) is 6.54 Å². The van der Waals surface area contributed by atoms with Crippen LogP contribution >= 0.6 is 23.2 Å². The average molecular weight is 524 g/mol. The lowest BCUT2D eigenvalue weighted by atomic mass is 9.97. The van der Waals surface area contributed by atoms with Crippen LogP contribution in [0.3, 0.4) is 0 Å². The molecular formula is C24H32Cl2FN7O. The Morgan fingerprint density at radius 1 is 1.20 bits per heavy atom. The van der Waals surface area contributed by atoms with Crippen molar-refractivity contribution < 1.29 is 9.18 Å². The monoisotopic (exact) mass is 523 g/mol. The van der Waals surface area contributed by atoms with Crippen molar-refractivity contribution >= 4 is 40.7 Å². The van der Waals surface area contributed by atoms with Gasteiger partial charge in [-0.05, 0) is 50.6 Å². The Labute approximate surface area is 215 Å². The minimum Gasteiger partial charge on any atom is -0.353 e. The van der Waals surface area contributed by atoms with E-state index in [0.29, 0.717) is 39.9 Å². The predicted molar refractivity (Wildman–Crippen MR) is 138 cm³/mol. The molecule has 3 heterocycles. The fraction of sp³-hybridized carbons (Fsp3) is 0.500. The molecule has 4 N–H and O–H groups in total. The summed E-state index contributed by atoms with van der Waals surface area (Å²) in [5, 5.41) is 3.50. The van der Waals surface area contributed by atoms with Gasteiger partial charge in [0.15, 0.2) is 0 Å². The molecule has 35 heavy (non-hydrogen) atoms. The van der Waals surface area contributed by atoms with Gasteiger partial charge in [-0.2, -0.15) is 0 Å². The summed E-state index contributed by atoms with van der Waals surface area (Å²) in [6.07, 6.45) is 4.74. The molecule has 190 valence electrons. The van der Waals surface area contributed by atoms with Gasteiger partial charge < -0.3 is 10.2 Å². The number of piperidine rings is 1. The van der Waals surface area contributed by atoms with E-state index in [2.05, 4.69) is 31.9 Å². The lowest BCUT2D eigenvalue weighted by Gasteiger charge is -2.47. The number of anilines is 2. The quantitative estimate of drug-likeness (QED) is 0.300. The first kappa shape index (κ1) is 25.9. The molecule has 0 radical (unpaired) electrons. The number of nitrogens with zero attached hydrogens (tertiary/aromatic N) is 4. The maximum Gasteiger partial charge on any atom is 0.333 e. The van der Waals surface area contributed by atoms with E-state index in [-0.39, 0.29) is 5.82 Å². The molecule has 2 amide bonds. The molecule has 2 aromatic rings. The highest BCUT2D eigenvalue weighted by Gasteiger charge is 2.34. The van der Waals surface area contributed by atoms with Gasteiger partial charge in [0.1, 0.15) is 11.6 Å². The van der Waals surface area contributed by atoms with E-state index in [4.69, 9.17) is 29.0 Å². The van der Waals surface area contributed by atoms with Gasteiger partial charge in [-0.15, -0.1) is 0 Å². The van der Waals surface area contributed by atoms with Crippen LogP contribution in [0.4, 0.5) is 20.7 Å². The van der Waals surface area contributed by atoms with E-state index in [1.54, 1.807) is 24.4 Å². The number of hydrazine groups is 1. The molecule has 2 aliphatic heterocycles. The smallest absolute Gasteiger partial charge is 0.333 e. The summed E-state index contributed by atoms with van der Waals surface area (Å²) in [6.45, 7) is 7.33. The van der Waals surface area contributed by atoms with E-state index in [9.17, 15) is 9.18 Å². The van der Waals surface area contributed by atoms with Gasteiger partial charge in [0.25, 0.3) is 0 Å². The second-order valence-corrected chi connectivity index (χ2v) is 9.96. The SMILES string of the molecule is CC[C@H]1CN(c2ncc(NC(=O)NN)cc2Cl)CCN1C1CCN(Cc2ccc(Cl)cc2F)CC1. The molecule has 0 saturated carbocycles. The van der Waals surface area contributed by atoms with Crippen LogP contribution in [0.2, 0.25) is 10.0 Å². The van der Waals surface area contributed by atoms with Crippen LogP contribution in [0, 0.1) is 5.82 Å². The van der Waals surface area contributed by atoms with Crippen molar-refractivity contribution in [2.45, 2.75) is 44.8 Å². The number of nitrogens with two attached hydrogens (primary N) is 1. The Balaban J connectivity index is 1.33. The third-order valence-electron chi connectivity index (χ3n) is 6.94. The topological polar surface area (TPSA) is 89.8 Å². The van der Waals surface area contributed by atoms with E-state index in [0.717, 1.165) is 57.8 Å². The second kappa shape index (κ2) is 11.7. The van der Waals surface area contributed by atoms with E-state index < -0.39 is 6.03 Å². The Morgan fingerprint density at radius 3 is 2.63 bits per heavy atom. The summed E-state index contributed by atoms with van der Waals surface area (Å²) < 4.78 is 14.2. The van der Waals surface area contributed by atoms with E-state index in [1.165, 1.54) is 6.07 Å². The zero-order chi connectivity index (χ0) is 24.9. The number of piperazine rings is 1. The maximum absolute atomic E-state index is 14.2. The first-order valence-electron chi connectivity index (χ1n) is 12.0. The number of pyridine rings is 1. The van der Waals surface area contributed by atoms with Gasteiger partial charge in [-0.3, -0.25) is 15.2 Å². The number of aromatic nitrogens is 1. The summed E-state index contributed by atoms with van der Waals surface area (Å²) in [7, 11) is 0. The molecule has 1 atom stereocenters. The van der Waals surface area contributed by atoms with Crippen molar-refractivity contribution in [3.8, 4) is 0 Å². The molecule has 0 spiro atoms. The number of amides is 2. The van der Waals surface area contributed by atoms with Crippen molar-refractivity contribution in [1.82, 2.24) is 20.2 Å². The van der Waals surface area contributed by atoms with Crippen molar-refractivity contribution in [1.29, 1.82) is 0 Å². The Kier molecular flexibility index (Phi) is 8.67. The molecule has 8 nitrogen and oxygen atoms in total. The molecule has 0 bridgehead atoms. The molecular weight excluding hydrogens is 492 g/mol. The number of nitrogens with one attached hydrogen (secondary N) is 2. The summed E-state index contributed by atoms with van der Waals surface area (Å²) in [6, 6.07) is 6.98. The van der Waals surface area contributed by atoms with Gasteiger partial charge in [0.05, 0.1) is 16.9 Å². The number of carbonyl (C=O) groups is 1. The molecule has 11 heteroatoms. The molecule has 2 fully saturated rings. The lowest BCUT2D eigenvalue weighted by Crippen LogP contribution is -2.58. The Bertz CT molecular complexity index is 1030. The number of halogens is 3. The standard InChI is InChI=1S/C24H32Cl2FN7O/c1-2-19-15-33(23-21(26)12-18(13-29-23)30-24(35)31-28)9-10-34(19)20-5-7-32(8-6-20)14-16-3-4-17(25)11-22(16)27/h3-4,11-13,19-20H,2,5-10,14-15,28H2,1H3,(H2,30,31,35)/t19-/m0/s1. The van der Waals surface area contributed by atoms with Crippen LogP contribution in [0.5, 0.6) is 0 Å². The third-order valence-corrected chi connectivity index (χ3v) is 7.46. The number of carbonyl (C=O) groups excluding carboxylic acids is 1. The zero-order valence-electron chi connectivity index (χ0n) is 19.8. The number of likely N-dealkylation sites (tertiary alicyclic amines) is 1. The lowest BCUT2D eigenvalue weighted by molar-refractivity contribution is 0.0607. The van der Waals surface area contributed by atoms with Crippen LogP contribution < -0.4 is 21.5 Å². The maximum atomic E-state index is 14.2. The first-order valence-corrected chi connectivity index (χ1v) is 12.7. The van der Waals surface area contributed by atoms with E-state index >= 15 is 0 Å². The number of urea groups is 1. The van der Waals surface area contributed by atoms with E-state index in [1.807, 2.05) is 5.43 Å². The second-order valence-electron chi connectivity index (χ2n) is 9.12. The number of rotatable bonds is 6. The van der Waals surface area contributed by atoms with Crippen molar-refractivity contribution in [2.24, 2.45) is 5.84 Å². The van der Waals surface area contributed by atoms with Crippen LogP contribution in [0.25, 0.3) is 0 Å². The molecule has 1 aromatic heterocycles. The van der Waals surface area contributed by atoms with Crippen LogP contribution in [0.1, 0.15) is 31.7 Å². The van der Waals surface area contributed by atoms with Crippen molar-refractivity contribution in [3.63, 3.8) is 0 Å². The first-order chi connectivity index (χ1) is 16.9. The van der Waals surface area contributed by atoms with Gasteiger partial charge >= 0.3 is 6.03 Å². The molecule has 2 aliphatic rings. The molecule has 2 saturated heterocycles. The Morgan fingerprint density at radius 2 is 1.97 bits per heavy atom. The number of hydrogen-bond donors (Lipinski definition) is 3. The summed E-state index contributed by atoms with van der Waals surface area (Å²) in [5.74, 6) is 5.60. The number of benzene rings is 1. The molecule has 4 rings (SSSR count). The average Bonchev–Trinajstić information content (AvgIpc) is 2.86. The Hall–Kier alpha value is -2.17. The minimum absolute atomic E-state index is 0.236.